The van der Waals surface area contributed by atoms with Gasteiger partial charge in [-0.25, -0.2) is 0 Å². The monoisotopic (exact) mass is 339 g/mol. The van der Waals surface area contributed by atoms with Crippen LogP contribution in [0.25, 0.3) is 0 Å². The summed E-state index contributed by atoms with van der Waals surface area (Å²) in [6, 6.07) is 6.84. The second-order valence-corrected chi connectivity index (χ2v) is 7.54. The van der Waals surface area contributed by atoms with Crippen LogP contribution in [0.4, 0.5) is 0 Å². The molecule has 2 aromatic rings. The molecule has 2 unspecified atom stereocenters. The van der Waals surface area contributed by atoms with Crippen LogP contribution in [0.3, 0.4) is 0 Å². The Morgan fingerprint density at radius 1 is 1.28 bits per heavy atom. The molecular formula is C21H29N3O. The van der Waals surface area contributed by atoms with E-state index in [4.69, 9.17) is 0 Å². The number of likely N-dealkylation sites (tertiary alicyclic amines) is 1. The first kappa shape index (κ1) is 17.7. The van der Waals surface area contributed by atoms with E-state index in [1.165, 1.54) is 22.3 Å². The molecule has 0 radical (unpaired) electrons. The lowest BCUT2D eigenvalue weighted by atomic mass is 9.94. The number of aromatic amines is 1. The van der Waals surface area contributed by atoms with Crippen molar-refractivity contribution in [1.82, 2.24) is 15.1 Å². The Hall–Kier alpha value is -2.10. The number of nitrogens with one attached hydrogen (secondary N) is 1. The Labute approximate surface area is 150 Å². The number of carbonyl (C=O) groups excluding carboxylic acids is 1. The van der Waals surface area contributed by atoms with Crippen LogP contribution >= 0.6 is 0 Å². The molecule has 2 heterocycles. The lowest BCUT2D eigenvalue weighted by Crippen LogP contribution is -2.31. The van der Waals surface area contributed by atoms with E-state index in [-0.39, 0.29) is 17.9 Å². The van der Waals surface area contributed by atoms with Crippen molar-refractivity contribution < 1.29 is 4.79 Å². The molecule has 0 bridgehead atoms. The SMILES string of the molecule is Cc1ccc(C2CCCN2C(=O)CC(C)c2c(C)n[nH]c2C)cc1C. The Morgan fingerprint density at radius 2 is 2.04 bits per heavy atom. The second kappa shape index (κ2) is 7.03. The summed E-state index contributed by atoms with van der Waals surface area (Å²) < 4.78 is 0. The van der Waals surface area contributed by atoms with Crippen LogP contribution in [-0.4, -0.2) is 27.5 Å². The summed E-state index contributed by atoms with van der Waals surface area (Å²) in [5.74, 6) is 0.445. The van der Waals surface area contributed by atoms with Crippen LogP contribution in [0.1, 0.15) is 71.8 Å². The predicted molar refractivity (Wildman–Crippen MR) is 101 cm³/mol. The van der Waals surface area contributed by atoms with Crippen LogP contribution in [0.15, 0.2) is 18.2 Å². The topological polar surface area (TPSA) is 49.0 Å². The summed E-state index contributed by atoms with van der Waals surface area (Å²) in [5, 5.41) is 7.30. The summed E-state index contributed by atoms with van der Waals surface area (Å²) in [4.78, 5) is 15.1. The number of rotatable bonds is 4. The Bertz CT molecular complexity index is 758. The quantitative estimate of drug-likeness (QED) is 0.891. The van der Waals surface area contributed by atoms with Gasteiger partial charge >= 0.3 is 0 Å². The minimum atomic E-state index is 0.187. The minimum Gasteiger partial charge on any atom is -0.336 e. The van der Waals surface area contributed by atoms with Crippen molar-refractivity contribution >= 4 is 5.91 Å². The van der Waals surface area contributed by atoms with Gasteiger partial charge in [0, 0.05) is 18.7 Å². The lowest BCUT2D eigenvalue weighted by Gasteiger charge is -2.27. The molecule has 1 aromatic heterocycles. The zero-order valence-electron chi connectivity index (χ0n) is 16.0. The van der Waals surface area contributed by atoms with Gasteiger partial charge in [-0.15, -0.1) is 0 Å². The van der Waals surface area contributed by atoms with Gasteiger partial charge in [0.1, 0.15) is 0 Å². The van der Waals surface area contributed by atoms with Crippen LogP contribution in [0, 0.1) is 27.7 Å². The molecule has 134 valence electrons. The highest BCUT2D eigenvalue weighted by molar-refractivity contribution is 5.78. The van der Waals surface area contributed by atoms with Crippen LogP contribution in [0.2, 0.25) is 0 Å². The van der Waals surface area contributed by atoms with E-state index in [1.807, 2.05) is 13.8 Å². The lowest BCUT2D eigenvalue weighted by molar-refractivity contribution is -0.132. The minimum absolute atomic E-state index is 0.187. The number of aryl methyl sites for hydroxylation is 4. The number of nitrogens with zero attached hydrogens (tertiary/aromatic N) is 2. The van der Waals surface area contributed by atoms with Crippen LogP contribution in [0.5, 0.6) is 0 Å². The number of benzene rings is 1. The summed E-state index contributed by atoms with van der Waals surface area (Å²) in [7, 11) is 0. The van der Waals surface area contributed by atoms with Gasteiger partial charge in [0.15, 0.2) is 0 Å². The fourth-order valence-corrected chi connectivity index (χ4v) is 4.15. The van der Waals surface area contributed by atoms with Crippen molar-refractivity contribution in [2.75, 3.05) is 6.54 Å². The molecule has 0 saturated carbocycles. The molecule has 3 rings (SSSR count). The first-order valence-corrected chi connectivity index (χ1v) is 9.26. The van der Waals surface area contributed by atoms with Gasteiger partial charge in [0.05, 0.1) is 11.7 Å². The predicted octanol–water partition coefficient (Wildman–Crippen LogP) is 4.50. The van der Waals surface area contributed by atoms with Crippen molar-refractivity contribution in [2.45, 2.75) is 65.8 Å². The van der Waals surface area contributed by atoms with Crippen molar-refractivity contribution in [3.05, 3.63) is 51.8 Å². The molecule has 1 aliphatic rings. The summed E-state index contributed by atoms with van der Waals surface area (Å²) >= 11 is 0. The van der Waals surface area contributed by atoms with Gasteiger partial charge in [-0.3, -0.25) is 9.89 Å². The zero-order chi connectivity index (χ0) is 18.1. The van der Waals surface area contributed by atoms with Gasteiger partial charge in [-0.2, -0.15) is 5.10 Å². The number of hydrogen-bond donors (Lipinski definition) is 1. The van der Waals surface area contributed by atoms with Crippen molar-refractivity contribution in [2.24, 2.45) is 0 Å². The largest absolute Gasteiger partial charge is 0.336 e. The number of hydrogen-bond acceptors (Lipinski definition) is 2. The van der Waals surface area contributed by atoms with Gasteiger partial charge in [0.25, 0.3) is 0 Å². The molecule has 0 aliphatic carbocycles. The van der Waals surface area contributed by atoms with E-state index in [1.54, 1.807) is 0 Å². The number of H-pyrrole nitrogens is 1. The maximum Gasteiger partial charge on any atom is 0.223 e. The van der Waals surface area contributed by atoms with E-state index in [2.05, 4.69) is 54.1 Å². The molecule has 25 heavy (non-hydrogen) atoms. The van der Waals surface area contributed by atoms with Crippen molar-refractivity contribution in [3.63, 3.8) is 0 Å². The molecule has 1 aromatic carbocycles. The highest BCUT2D eigenvalue weighted by atomic mass is 16.2. The Balaban J connectivity index is 1.75. The highest BCUT2D eigenvalue weighted by Gasteiger charge is 2.31. The van der Waals surface area contributed by atoms with Gasteiger partial charge in [0.2, 0.25) is 5.91 Å². The Morgan fingerprint density at radius 3 is 2.68 bits per heavy atom. The highest BCUT2D eigenvalue weighted by Crippen LogP contribution is 2.35. The van der Waals surface area contributed by atoms with Gasteiger partial charge in [-0.1, -0.05) is 25.1 Å². The maximum atomic E-state index is 13.0. The number of amides is 1. The fraction of sp³-hybridized carbons (Fsp3) is 0.524. The average Bonchev–Trinajstić information content (AvgIpc) is 3.17. The summed E-state index contributed by atoms with van der Waals surface area (Å²) in [5.41, 5.74) is 7.15. The van der Waals surface area contributed by atoms with Crippen molar-refractivity contribution in [1.29, 1.82) is 0 Å². The molecule has 4 nitrogen and oxygen atoms in total. The van der Waals surface area contributed by atoms with E-state index in [0.717, 1.165) is 30.8 Å². The first-order chi connectivity index (χ1) is 11.9. The summed E-state index contributed by atoms with van der Waals surface area (Å²) in [6.45, 7) is 11.3. The molecule has 1 fully saturated rings. The third-order valence-electron chi connectivity index (χ3n) is 5.65. The van der Waals surface area contributed by atoms with Gasteiger partial charge < -0.3 is 4.90 Å². The average molecular weight is 339 g/mol. The first-order valence-electron chi connectivity index (χ1n) is 9.26. The number of aromatic nitrogens is 2. The van der Waals surface area contributed by atoms with E-state index >= 15 is 0 Å². The molecule has 1 amide bonds. The normalized spacial score (nSPS) is 18.6. The fourth-order valence-electron chi connectivity index (χ4n) is 4.15. The van der Waals surface area contributed by atoms with Crippen LogP contribution in [-0.2, 0) is 4.79 Å². The molecular weight excluding hydrogens is 310 g/mol. The molecule has 1 aliphatic heterocycles. The van der Waals surface area contributed by atoms with E-state index < -0.39 is 0 Å². The molecule has 0 spiro atoms. The van der Waals surface area contributed by atoms with Crippen molar-refractivity contribution in [3.8, 4) is 0 Å². The molecule has 1 saturated heterocycles. The standard InChI is InChI=1S/C21H29N3O/c1-13-8-9-18(11-14(13)2)19-7-6-10-24(19)20(25)12-15(3)21-16(4)22-23-17(21)5/h8-9,11,15,19H,6-7,10,12H2,1-5H3,(H,22,23). The summed E-state index contributed by atoms with van der Waals surface area (Å²) in [6.07, 6.45) is 2.69. The van der Waals surface area contributed by atoms with Gasteiger partial charge in [-0.05, 0) is 68.7 Å². The molecule has 2 atom stereocenters. The Kier molecular flexibility index (Phi) is 4.98. The molecule has 1 N–H and O–H groups in total. The van der Waals surface area contributed by atoms with E-state index in [0.29, 0.717) is 6.42 Å². The van der Waals surface area contributed by atoms with Crippen LogP contribution < -0.4 is 0 Å². The second-order valence-electron chi connectivity index (χ2n) is 7.54. The number of carbonyl (C=O) groups is 1. The third kappa shape index (κ3) is 3.48. The molecule has 4 heteroatoms. The zero-order valence-corrected chi connectivity index (χ0v) is 16.0. The maximum absolute atomic E-state index is 13.0. The third-order valence-corrected chi connectivity index (χ3v) is 5.65. The smallest absolute Gasteiger partial charge is 0.223 e. The van der Waals surface area contributed by atoms with E-state index in [9.17, 15) is 4.79 Å².